The second kappa shape index (κ2) is 7.78. The van der Waals surface area contributed by atoms with Gasteiger partial charge >= 0.3 is 5.97 Å². The molecule has 4 heteroatoms. The van der Waals surface area contributed by atoms with Crippen LogP contribution in [0.4, 0.5) is 0 Å². The highest BCUT2D eigenvalue weighted by Gasteiger charge is 2.38. The monoisotopic (exact) mass is 308 g/mol. The van der Waals surface area contributed by atoms with Crippen molar-refractivity contribution in [1.82, 2.24) is 10.2 Å². The van der Waals surface area contributed by atoms with E-state index in [1.54, 1.807) is 0 Å². The van der Waals surface area contributed by atoms with Crippen LogP contribution < -0.4 is 5.32 Å². The predicted molar refractivity (Wildman–Crippen MR) is 87.7 cm³/mol. The van der Waals surface area contributed by atoms with Gasteiger partial charge in [0.2, 0.25) is 0 Å². The lowest BCUT2D eigenvalue weighted by molar-refractivity contribution is -0.141. The van der Waals surface area contributed by atoms with Gasteiger partial charge in [-0.05, 0) is 76.4 Å². The molecule has 0 spiro atoms. The van der Waals surface area contributed by atoms with Crippen molar-refractivity contribution in [2.24, 2.45) is 11.8 Å². The van der Waals surface area contributed by atoms with Gasteiger partial charge in [0.15, 0.2) is 0 Å². The van der Waals surface area contributed by atoms with Crippen molar-refractivity contribution in [3.63, 3.8) is 0 Å². The fourth-order valence-corrected chi connectivity index (χ4v) is 4.94. The van der Waals surface area contributed by atoms with Gasteiger partial charge in [-0.3, -0.25) is 9.69 Å². The van der Waals surface area contributed by atoms with Crippen molar-refractivity contribution in [2.75, 3.05) is 26.7 Å². The third-order valence-electron chi connectivity index (χ3n) is 6.17. The first-order chi connectivity index (χ1) is 10.8. The standard InChI is InChI=1S/C18H32N2O2/c1-22-17(21)13-14-7-8-15-5-4-6-16(18(15)19-10-9-14)20-11-2-3-12-20/h14-16,18-19H,2-13H2,1H3/t14?,15-,16+,18-/m0/s1. The van der Waals surface area contributed by atoms with E-state index in [-0.39, 0.29) is 5.97 Å². The number of carbonyl (C=O) groups excluding carboxylic acids is 1. The van der Waals surface area contributed by atoms with Crippen molar-refractivity contribution in [3.8, 4) is 0 Å². The number of ether oxygens (including phenoxy) is 1. The quantitative estimate of drug-likeness (QED) is 0.814. The summed E-state index contributed by atoms with van der Waals surface area (Å²) in [6.07, 6.45) is 11.1. The Kier molecular flexibility index (Phi) is 5.75. The molecule has 0 aromatic rings. The Morgan fingerprint density at radius 2 is 1.91 bits per heavy atom. The van der Waals surface area contributed by atoms with Crippen LogP contribution in [0.25, 0.3) is 0 Å². The number of esters is 1. The molecule has 4 nitrogen and oxygen atoms in total. The van der Waals surface area contributed by atoms with Gasteiger partial charge in [-0.25, -0.2) is 0 Å². The number of methoxy groups -OCH3 is 1. The minimum absolute atomic E-state index is 0.0410. The molecule has 126 valence electrons. The second-order valence-corrected chi connectivity index (χ2v) is 7.49. The fourth-order valence-electron chi connectivity index (χ4n) is 4.94. The number of hydrogen-bond donors (Lipinski definition) is 1. The first-order valence-corrected chi connectivity index (χ1v) is 9.32. The molecule has 1 saturated carbocycles. The average molecular weight is 308 g/mol. The number of hydrogen-bond acceptors (Lipinski definition) is 4. The third kappa shape index (κ3) is 3.83. The van der Waals surface area contributed by atoms with Crippen LogP contribution in [0.5, 0.6) is 0 Å². The van der Waals surface area contributed by atoms with E-state index >= 15 is 0 Å². The first-order valence-electron chi connectivity index (χ1n) is 9.32. The van der Waals surface area contributed by atoms with Gasteiger partial charge in [0.1, 0.15) is 0 Å². The summed E-state index contributed by atoms with van der Waals surface area (Å²) in [5.41, 5.74) is 0. The zero-order chi connectivity index (χ0) is 15.4. The van der Waals surface area contributed by atoms with Crippen LogP contribution in [0, 0.1) is 11.8 Å². The molecule has 22 heavy (non-hydrogen) atoms. The Bertz CT molecular complexity index is 368. The van der Waals surface area contributed by atoms with Crippen molar-refractivity contribution < 1.29 is 9.53 Å². The van der Waals surface area contributed by atoms with Crippen LogP contribution in [-0.2, 0) is 9.53 Å². The van der Waals surface area contributed by atoms with Crippen molar-refractivity contribution in [3.05, 3.63) is 0 Å². The second-order valence-electron chi connectivity index (χ2n) is 7.49. The lowest BCUT2D eigenvalue weighted by Crippen LogP contribution is -2.55. The molecule has 4 atom stereocenters. The Balaban J connectivity index is 1.58. The highest BCUT2D eigenvalue weighted by molar-refractivity contribution is 5.69. The number of likely N-dealkylation sites (tertiary alicyclic amines) is 1. The molecular weight excluding hydrogens is 276 g/mol. The summed E-state index contributed by atoms with van der Waals surface area (Å²) in [6.45, 7) is 3.67. The number of nitrogens with zero attached hydrogens (tertiary/aromatic N) is 1. The van der Waals surface area contributed by atoms with Gasteiger partial charge in [0.25, 0.3) is 0 Å². The van der Waals surface area contributed by atoms with E-state index in [1.165, 1.54) is 65.1 Å². The van der Waals surface area contributed by atoms with Crippen LogP contribution in [0.15, 0.2) is 0 Å². The van der Waals surface area contributed by atoms with E-state index in [2.05, 4.69) is 10.2 Å². The maximum atomic E-state index is 11.5. The lowest BCUT2D eigenvalue weighted by atomic mass is 9.75. The average Bonchev–Trinajstić information content (AvgIpc) is 3.04. The van der Waals surface area contributed by atoms with Crippen molar-refractivity contribution >= 4 is 5.97 Å². The SMILES string of the molecule is COC(=O)CC1CCN[C@H]2[C@@H](CCC[C@H]2N2CCCC2)CC1. The molecule has 3 fully saturated rings. The van der Waals surface area contributed by atoms with Crippen molar-refractivity contribution in [1.29, 1.82) is 0 Å². The minimum Gasteiger partial charge on any atom is -0.469 e. The van der Waals surface area contributed by atoms with Crippen LogP contribution in [0.1, 0.15) is 57.8 Å². The van der Waals surface area contributed by atoms with Gasteiger partial charge in [0.05, 0.1) is 7.11 Å². The van der Waals surface area contributed by atoms with Gasteiger partial charge in [-0.1, -0.05) is 6.42 Å². The van der Waals surface area contributed by atoms with Crippen LogP contribution in [0.2, 0.25) is 0 Å². The Morgan fingerprint density at radius 3 is 2.68 bits per heavy atom. The van der Waals surface area contributed by atoms with Gasteiger partial charge in [0, 0.05) is 18.5 Å². The lowest BCUT2D eigenvalue weighted by Gasteiger charge is -2.45. The van der Waals surface area contributed by atoms with Gasteiger partial charge in [-0.15, -0.1) is 0 Å². The molecule has 0 bridgehead atoms. The van der Waals surface area contributed by atoms with Crippen LogP contribution in [-0.4, -0.2) is 49.7 Å². The zero-order valence-electron chi connectivity index (χ0n) is 14.1. The molecule has 3 aliphatic rings. The molecule has 0 radical (unpaired) electrons. The normalized spacial score (nSPS) is 37.1. The van der Waals surface area contributed by atoms with Crippen molar-refractivity contribution in [2.45, 2.75) is 69.9 Å². The molecule has 0 aromatic heterocycles. The number of fused-ring (bicyclic) bond motifs is 1. The Labute approximate surface area is 135 Å². The molecule has 0 aromatic carbocycles. The van der Waals surface area contributed by atoms with E-state index in [1.807, 2.05) is 0 Å². The summed E-state index contributed by atoms with van der Waals surface area (Å²) >= 11 is 0. The van der Waals surface area contributed by atoms with E-state index < -0.39 is 0 Å². The molecule has 2 saturated heterocycles. The summed E-state index contributed by atoms with van der Waals surface area (Å²) in [5, 5.41) is 3.88. The van der Waals surface area contributed by atoms with Gasteiger partial charge in [-0.2, -0.15) is 0 Å². The van der Waals surface area contributed by atoms with Crippen LogP contribution in [0.3, 0.4) is 0 Å². The molecule has 3 rings (SSSR count). The largest absolute Gasteiger partial charge is 0.469 e. The Hall–Kier alpha value is -0.610. The summed E-state index contributed by atoms with van der Waals surface area (Å²) in [4.78, 5) is 14.3. The first kappa shape index (κ1) is 16.3. The summed E-state index contributed by atoms with van der Waals surface area (Å²) in [6, 6.07) is 1.45. The summed E-state index contributed by atoms with van der Waals surface area (Å²) < 4.78 is 4.85. The molecule has 1 N–H and O–H groups in total. The van der Waals surface area contributed by atoms with Crippen LogP contribution >= 0.6 is 0 Å². The third-order valence-corrected chi connectivity index (χ3v) is 6.17. The maximum Gasteiger partial charge on any atom is 0.305 e. The Morgan fingerprint density at radius 1 is 1.09 bits per heavy atom. The summed E-state index contributed by atoms with van der Waals surface area (Å²) in [5.74, 6) is 1.27. The molecular formula is C18H32N2O2. The molecule has 1 aliphatic carbocycles. The topological polar surface area (TPSA) is 41.6 Å². The maximum absolute atomic E-state index is 11.5. The molecule has 2 heterocycles. The highest BCUT2D eigenvalue weighted by Crippen LogP contribution is 2.35. The predicted octanol–water partition coefficient (Wildman–Crippen LogP) is 2.57. The molecule has 2 aliphatic heterocycles. The van der Waals surface area contributed by atoms with E-state index in [9.17, 15) is 4.79 Å². The zero-order valence-corrected chi connectivity index (χ0v) is 14.1. The number of carbonyl (C=O) groups is 1. The van der Waals surface area contributed by atoms with E-state index in [0.29, 0.717) is 18.4 Å². The van der Waals surface area contributed by atoms with E-state index in [0.717, 1.165) is 24.9 Å². The summed E-state index contributed by atoms with van der Waals surface area (Å²) in [7, 11) is 1.50. The molecule has 1 unspecified atom stereocenters. The smallest absolute Gasteiger partial charge is 0.305 e. The van der Waals surface area contributed by atoms with Gasteiger partial charge < -0.3 is 10.1 Å². The number of nitrogens with one attached hydrogen (secondary N) is 1. The number of rotatable bonds is 3. The molecule has 0 amide bonds. The van der Waals surface area contributed by atoms with E-state index in [4.69, 9.17) is 4.74 Å². The highest BCUT2D eigenvalue weighted by atomic mass is 16.5. The minimum atomic E-state index is -0.0410. The fraction of sp³-hybridized carbons (Fsp3) is 0.944.